The summed E-state index contributed by atoms with van der Waals surface area (Å²) in [6.07, 6.45) is 26.8. The van der Waals surface area contributed by atoms with Crippen molar-refractivity contribution in [2.24, 2.45) is 0 Å². The van der Waals surface area contributed by atoms with Gasteiger partial charge < -0.3 is 5.11 Å². The van der Waals surface area contributed by atoms with Gasteiger partial charge in [0.05, 0.1) is 0 Å². The summed E-state index contributed by atoms with van der Waals surface area (Å²) in [6.45, 7) is 9.06. The van der Waals surface area contributed by atoms with E-state index in [2.05, 4.69) is 39.8 Å². The Labute approximate surface area is 201 Å². The molecule has 0 saturated heterocycles. The summed E-state index contributed by atoms with van der Waals surface area (Å²) in [5, 5.41) is 11.0. The number of aryl methyl sites for hydroxylation is 2. The third-order valence-electron chi connectivity index (χ3n) is 7.18. The monoisotopic (exact) mass is 444 g/mol. The molecule has 0 heterocycles. The molecule has 0 bridgehead atoms. The van der Waals surface area contributed by atoms with E-state index < -0.39 is 0 Å². The summed E-state index contributed by atoms with van der Waals surface area (Å²) in [4.78, 5) is 0. The molecule has 0 spiro atoms. The van der Waals surface area contributed by atoms with E-state index in [1.807, 2.05) is 0 Å². The molecule has 186 valence electrons. The molecule has 0 amide bonds. The largest absolute Gasteiger partial charge is 0.507 e. The van der Waals surface area contributed by atoms with Gasteiger partial charge in [0.15, 0.2) is 0 Å². The van der Waals surface area contributed by atoms with Crippen molar-refractivity contribution in [1.82, 2.24) is 0 Å². The van der Waals surface area contributed by atoms with Crippen LogP contribution in [0.4, 0.5) is 0 Å². The van der Waals surface area contributed by atoms with E-state index in [0.717, 1.165) is 6.42 Å². The van der Waals surface area contributed by atoms with Crippen LogP contribution in [-0.2, 0) is 6.42 Å². The number of hydrogen-bond donors (Lipinski definition) is 1. The Morgan fingerprint density at radius 2 is 1.06 bits per heavy atom. The number of benzene rings is 1. The third kappa shape index (κ3) is 13.5. The van der Waals surface area contributed by atoms with Gasteiger partial charge in [-0.15, -0.1) is 0 Å². The average Bonchev–Trinajstić information content (AvgIpc) is 2.78. The van der Waals surface area contributed by atoms with Crippen LogP contribution in [0.5, 0.6) is 5.75 Å². The topological polar surface area (TPSA) is 20.2 Å². The highest BCUT2D eigenvalue weighted by Crippen LogP contribution is 2.34. The molecule has 1 rings (SSSR count). The second kappa shape index (κ2) is 19.5. The first-order valence-electron chi connectivity index (χ1n) is 14.4. The molecule has 1 atom stereocenters. The summed E-state index contributed by atoms with van der Waals surface area (Å²) >= 11 is 0. The van der Waals surface area contributed by atoms with Gasteiger partial charge in [-0.25, -0.2) is 0 Å². The first-order valence-corrected chi connectivity index (χ1v) is 14.4. The van der Waals surface area contributed by atoms with E-state index in [0.29, 0.717) is 11.7 Å². The van der Waals surface area contributed by atoms with Crippen LogP contribution < -0.4 is 0 Å². The molecule has 1 unspecified atom stereocenters. The molecule has 32 heavy (non-hydrogen) atoms. The molecule has 0 aliphatic rings. The molecule has 0 aromatic heterocycles. The fourth-order valence-electron chi connectivity index (χ4n) is 4.99. The van der Waals surface area contributed by atoms with Crippen molar-refractivity contribution in [3.05, 3.63) is 28.8 Å². The van der Waals surface area contributed by atoms with Gasteiger partial charge in [-0.2, -0.15) is 0 Å². The van der Waals surface area contributed by atoms with Gasteiger partial charge in [0, 0.05) is 0 Å². The fraction of sp³-hybridized carbons (Fsp3) is 0.806. The van der Waals surface area contributed by atoms with Gasteiger partial charge in [0.2, 0.25) is 0 Å². The molecule has 1 N–H and O–H groups in total. The van der Waals surface area contributed by atoms with Gasteiger partial charge >= 0.3 is 0 Å². The molecule has 0 saturated carbocycles. The predicted octanol–water partition coefficient (Wildman–Crippen LogP) is 10.8. The molecule has 0 fully saturated rings. The molecule has 1 aromatic rings. The number of phenols is 1. The van der Waals surface area contributed by atoms with Gasteiger partial charge in [-0.1, -0.05) is 148 Å². The van der Waals surface area contributed by atoms with Crippen molar-refractivity contribution >= 4 is 0 Å². The molecule has 0 aliphatic carbocycles. The number of rotatable bonds is 21. The zero-order valence-electron chi connectivity index (χ0n) is 22.3. The molecular weight excluding hydrogens is 388 g/mol. The Kier molecular flexibility index (Phi) is 17.7. The second-order valence-electron chi connectivity index (χ2n) is 10.5. The highest BCUT2D eigenvalue weighted by Gasteiger charge is 2.14. The van der Waals surface area contributed by atoms with Crippen molar-refractivity contribution in [1.29, 1.82) is 0 Å². The van der Waals surface area contributed by atoms with Gasteiger partial charge in [0.1, 0.15) is 5.75 Å². The van der Waals surface area contributed by atoms with Crippen LogP contribution in [0.3, 0.4) is 0 Å². The Hall–Kier alpha value is -0.980. The van der Waals surface area contributed by atoms with Gasteiger partial charge in [-0.05, 0) is 43.2 Å². The van der Waals surface area contributed by atoms with Crippen LogP contribution in [0.15, 0.2) is 12.1 Å². The Morgan fingerprint density at radius 3 is 1.56 bits per heavy atom. The third-order valence-corrected chi connectivity index (χ3v) is 7.18. The van der Waals surface area contributed by atoms with Crippen molar-refractivity contribution in [2.75, 3.05) is 0 Å². The van der Waals surface area contributed by atoms with Crippen molar-refractivity contribution in [2.45, 2.75) is 162 Å². The first kappa shape index (κ1) is 29.1. The molecule has 0 radical (unpaired) electrons. The Balaban J connectivity index is 2.28. The minimum Gasteiger partial charge on any atom is -0.507 e. The molecule has 1 aromatic carbocycles. The van der Waals surface area contributed by atoms with Crippen molar-refractivity contribution in [3.8, 4) is 5.75 Å². The SMILES string of the molecule is CCCCCCCCCCCCc1cc(C)cc(C(C)CCCCCCCCCC)c1O. The zero-order valence-corrected chi connectivity index (χ0v) is 22.3. The van der Waals surface area contributed by atoms with Gasteiger partial charge in [-0.3, -0.25) is 0 Å². The standard InChI is InChI=1S/C31H56O/c1-5-7-9-11-13-15-16-18-20-22-24-29-25-27(3)26-30(31(29)32)28(4)23-21-19-17-14-12-10-8-6-2/h25-26,28,32H,5-24H2,1-4H3. The maximum atomic E-state index is 11.0. The lowest BCUT2D eigenvalue weighted by atomic mass is 9.89. The smallest absolute Gasteiger partial charge is 0.122 e. The lowest BCUT2D eigenvalue weighted by Crippen LogP contribution is -1.99. The maximum Gasteiger partial charge on any atom is 0.122 e. The molecule has 1 heteroatoms. The molecule has 1 nitrogen and oxygen atoms in total. The van der Waals surface area contributed by atoms with E-state index in [1.165, 1.54) is 139 Å². The minimum atomic E-state index is 0.460. The summed E-state index contributed by atoms with van der Waals surface area (Å²) in [5.74, 6) is 1.06. The number of aromatic hydroxyl groups is 1. The maximum absolute atomic E-state index is 11.0. The normalized spacial score (nSPS) is 12.4. The van der Waals surface area contributed by atoms with Crippen molar-refractivity contribution < 1.29 is 5.11 Å². The number of unbranched alkanes of at least 4 members (excludes halogenated alkanes) is 16. The van der Waals surface area contributed by atoms with E-state index in [4.69, 9.17) is 0 Å². The van der Waals surface area contributed by atoms with E-state index in [1.54, 1.807) is 0 Å². The van der Waals surface area contributed by atoms with E-state index in [-0.39, 0.29) is 0 Å². The van der Waals surface area contributed by atoms with Crippen LogP contribution in [0, 0.1) is 6.92 Å². The minimum absolute atomic E-state index is 0.460. The van der Waals surface area contributed by atoms with E-state index in [9.17, 15) is 5.11 Å². The summed E-state index contributed by atoms with van der Waals surface area (Å²) in [7, 11) is 0. The highest BCUT2D eigenvalue weighted by molar-refractivity contribution is 5.45. The fourth-order valence-corrected chi connectivity index (χ4v) is 4.99. The predicted molar refractivity (Wildman–Crippen MR) is 144 cm³/mol. The number of hydrogen-bond acceptors (Lipinski definition) is 1. The Morgan fingerprint density at radius 1 is 0.625 bits per heavy atom. The highest BCUT2D eigenvalue weighted by atomic mass is 16.3. The molecule has 0 aliphatic heterocycles. The van der Waals surface area contributed by atoms with Crippen LogP contribution in [0.2, 0.25) is 0 Å². The quantitative estimate of drug-likeness (QED) is 0.187. The van der Waals surface area contributed by atoms with Crippen LogP contribution >= 0.6 is 0 Å². The van der Waals surface area contributed by atoms with Crippen molar-refractivity contribution in [3.63, 3.8) is 0 Å². The molecular formula is C31H56O. The van der Waals surface area contributed by atoms with Crippen LogP contribution in [0.25, 0.3) is 0 Å². The Bertz CT molecular complexity index is 562. The second-order valence-corrected chi connectivity index (χ2v) is 10.5. The first-order chi connectivity index (χ1) is 15.6. The summed E-state index contributed by atoms with van der Waals surface area (Å²) < 4.78 is 0. The zero-order chi connectivity index (χ0) is 23.4. The lowest BCUT2D eigenvalue weighted by Gasteiger charge is -2.17. The lowest BCUT2D eigenvalue weighted by molar-refractivity contribution is 0.448. The van der Waals surface area contributed by atoms with Crippen LogP contribution in [0.1, 0.15) is 165 Å². The van der Waals surface area contributed by atoms with Crippen LogP contribution in [-0.4, -0.2) is 5.11 Å². The summed E-state index contributed by atoms with van der Waals surface area (Å²) in [6, 6.07) is 4.45. The van der Waals surface area contributed by atoms with E-state index >= 15 is 0 Å². The average molecular weight is 445 g/mol. The number of phenolic OH excluding ortho intramolecular Hbond substituents is 1. The van der Waals surface area contributed by atoms with Gasteiger partial charge in [0.25, 0.3) is 0 Å². The summed E-state index contributed by atoms with van der Waals surface area (Å²) in [5.41, 5.74) is 3.68.